The normalized spacial score (nSPS) is 45.1. The van der Waals surface area contributed by atoms with Crippen LogP contribution in [-0.4, -0.2) is 11.1 Å². The minimum atomic E-state index is -0.536. The maximum Gasteiger partial charge on any atom is 0.309 e. The zero-order valence-electron chi connectivity index (χ0n) is 7.55. The molecular formula is C10H16O2. The van der Waals surface area contributed by atoms with Gasteiger partial charge in [-0.05, 0) is 24.7 Å². The molecule has 0 radical (unpaired) electrons. The summed E-state index contributed by atoms with van der Waals surface area (Å²) in [5.74, 6) is 0.689. The third-order valence-corrected chi connectivity index (χ3v) is 3.85. The van der Waals surface area contributed by atoms with Gasteiger partial charge in [-0.2, -0.15) is 0 Å². The van der Waals surface area contributed by atoms with Crippen molar-refractivity contribution in [1.82, 2.24) is 0 Å². The Morgan fingerprint density at radius 1 is 1.67 bits per heavy atom. The molecule has 0 aliphatic heterocycles. The van der Waals surface area contributed by atoms with Gasteiger partial charge in [0.15, 0.2) is 0 Å². The molecule has 2 rings (SSSR count). The van der Waals surface area contributed by atoms with E-state index < -0.39 is 5.97 Å². The van der Waals surface area contributed by atoms with Gasteiger partial charge >= 0.3 is 5.97 Å². The Balaban J connectivity index is 2.10. The molecule has 0 bridgehead atoms. The molecule has 2 heteroatoms. The highest BCUT2D eigenvalue weighted by Crippen LogP contribution is 2.64. The molecule has 0 aromatic carbocycles. The van der Waals surface area contributed by atoms with E-state index in [1.54, 1.807) is 0 Å². The van der Waals surface area contributed by atoms with Crippen LogP contribution in [0.25, 0.3) is 0 Å². The minimum Gasteiger partial charge on any atom is -0.481 e. The molecule has 3 atom stereocenters. The summed E-state index contributed by atoms with van der Waals surface area (Å²) in [6.07, 6.45) is 5.45. The van der Waals surface area contributed by atoms with Crippen molar-refractivity contribution in [3.05, 3.63) is 0 Å². The van der Waals surface area contributed by atoms with Crippen LogP contribution in [0.5, 0.6) is 0 Å². The largest absolute Gasteiger partial charge is 0.481 e. The first-order chi connectivity index (χ1) is 5.70. The van der Waals surface area contributed by atoms with Crippen LogP contribution < -0.4 is 0 Å². The third-order valence-electron chi connectivity index (χ3n) is 3.85. The van der Waals surface area contributed by atoms with Crippen molar-refractivity contribution in [3.63, 3.8) is 0 Å². The smallest absolute Gasteiger partial charge is 0.309 e. The van der Waals surface area contributed by atoms with E-state index in [4.69, 9.17) is 5.11 Å². The predicted octanol–water partition coefficient (Wildman–Crippen LogP) is 2.29. The monoisotopic (exact) mass is 168 g/mol. The molecule has 0 amide bonds. The molecule has 2 saturated carbocycles. The standard InChI is InChI=1S/C10H16O2/c1-2-7-4-3-5-10(9(11)12)6-8(7)10/h7-8H,2-6H2,1H3,(H,11,12). The Bertz CT molecular complexity index is 212. The first-order valence-electron chi connectivity index (χ1n) is 4.94. The second kappa shape index (κ2) is 2.48. The molecule has 2 aliphatic carbocycles. The third kappa shape index (κ3) is 0.900. The van der Waals surface area contributed by atoms with Crippen LogP contribution >= 0.6 is 0 Å². The van der Waals surface area contributed by atoms with E-state index in [9.17, 15) is 4.79 Å². The SMILES string of the molecule is CCC1CCCC2(C(=O)O)CC12. The molecule has 12 heavy (non-hydrogen) atoms. The Kier molecular flexibility index (Phi) is 1.67. The molecular weight excluding hydrogens is 152 g/mol. The highest BCUT2D eigenvalue weighted by atomic mass is 16.4. The highest BCUT2D eigenvalue weighted by Gasteiger charge is 2.63. The average molecular weight is 168 g/mol. The maximum absolute atomic E-state index is 11.0. The van der Waals surface area contributed by atoms with Gasteiger partial charge in [0.1, 0.15) is 0 Å². The number of carbonyl (C=O) groups is 1. The molecule has 0 saturated heterocycles. The lowest BCUT2D eigenvalue weighted by atomic mass is 9.80. The van der Waals surface area contributed by atoms with Crippen molar-refractivity contribution in [2.45, 2.75) is 39.0 Å². The Morgan fingerprint density at radius 2 is 2.42 bits per heavy atom. The Morgan fingerprint density at radius 3 is 3.00 bits per heavy atom. The van der Waals surface area contributed by atoms with Crippen molar-refractivity contribution in [3.8, 4) is 0 Å². The Hall–Kier alpha value is -0.530. The van der Waals surface area contributed by atoms with Gasteiger partial charge in [0.05, 0.1) is 5.41 Å². The lowest BCUT2D eigenvalue weighted by Gasteiger charge is -2.24. The molecule has 2 fully saturated rings. The van der Waals surface area contributed by atoms with E-state index in [0.29, 0.717) is 11.8 Å². The molecule has 2 aliphatic rings. The summed E-state index contributed by atoms with van der Waals surface area (Å²) >= 11 is 0. The van der Waals surface area contributed by atoms with E-state index in [1.165, 1.54) is 12.8 Å². The highest BCUT2D eigenvalue weighted by molar-refractivity contribution is 5.78. The molecule has 68 valence electrons. The van der Waals surface area contributed by atoms with E-state index in [-0.39, 0.29) is 5.41 Å². The van der Waals surface area contributed by atoms with Crippen molar-refractivity contribution in [2.24, 2.45) is 17.3 Å². The van der Waals surface area contributed by atoms with Crippen molar-refractivity contribution in [2.75, 3.05) is 0 Å². The number of fused-ring (bicyclic) bond motifs is 1. The fourth-order valence-corrected chi connectivity index (χ4v) is 2.96. The number of aliphatic carboxylic acids is 1. The summed E-state index contributed by atoms with van der Waals surface area (Å²) in [6.45, 7) is 2.18. The predicted molar refractivity (Wildman–Crippen MR) is 45.8 cm³/mol. The van der Waals surface area contributed by atoms with Gasteiger partial charge in [-0.1, -0.05) is 26.2 Å². The lowest BCUT2D eigenvalue weighted by molar-refractivity contribution is -0.145. The fraction of sp³-hybridized carbons (Fsp3) is 0.900. The van der Waals surface area contributed by atoms with Crippen LogP contribution in [0.2, 0.25) is 0 Å². The molecule has 0 spiro atoms. The van der Waals surface area contributed by atoms with Crippen molar-refractivity contribution >= 4 is 5.97 Å². The fourth-order valence-electron chi connectivity index (χ4n) is 2.96. The number of hydrogen-bond acceptors (Lipinski definition) is 1. The first kappa shape index (κ1) is 8.09. The first-order valence-corrected chi connectivity index (χ1v) is 4.94. The second-order valence-electron chi connectivity index (χ2n) is 4.33. The summed E-state index contributed by atoms with van der Waals surface area (Å²) in [6, 6.07) is 0. The molecule has 2 nitrogen and oxygen atoms in total. The minimum absolute atomic E-state index is 0.265. The Labute approximate surface area is 73.0 Å². The number of rotatable bonds is 2. The number of carboxylic acids is 1. The average Bonchev–Trinajstić information content (AvgIpc) is 2.78. The van der Waals surface area contributed by atoms with Gasteiger partial charge in [0.2, 0.25) is 0 Å². The summed E-state index contributed by atoms with van der Waals surface area (Å²) in [7, 11) is 0. The number of carboxylic acid groups (broad SMARTS) is 1. The van der Waals surface area contributed by atoms with Gasteiger partial charge in [-0.15, -0.1) is 0 Å². The van der Waals surface area contributed by atoms with E-state index in [0.717, 1.165) is 19.3 Å². The maximum atomic E-state index is 11.0. The van der Waals surface area contributed by atoms with Crippen LogP contribution in [0.15, 0.2) is 0 Å². The molecule has 3 unspecified atom stereocenters. The quantitative estimate of drug-likeness (QED) is 0.686. The molecule has 1 N–H and O–H groups in total. The molecule has 0 aromatic rings. The van der Waals surface area contributed by atoms with Crippen LogP contribution in [0.3, 0.4) is 0 Å². The zero-order valence-corrected chi connectivity index (χ0v) is 7.55. The summed E-state index contributed by atoms with van der Waals surface area (Å²) in [5.41, 5.74) is -0.265. The second-order valence-corrected chi connectivity index (χ2v) is 4.33. The van der Waals surface area contributed by atoms with E-state index in [1.807, 2.05) is 0 Å². The topological polar surface area (TPSA) is 37.3 Å². The van der Waals surface area contributed by atoms with Gasteiger partial charge in [0.25, 0.3) is 0 Å². The zero-order chi connectivity index (χ0) is 8.77. The van der Waals surface area contributed by atoms with E-state index >= 15 is 0 Å². The summed E-state index contributed by atoms with van der Waals surface area (Å²) in [5, 5.41) is 9.05. The number of hydrogen-bond donors (Lipinski definition) is 1. The van der Waals surface area contributed by atoms with Crippen LogP contribution in [0.1, 0.15) is 39.0 Å². The van der Waals surface area contributed by atoms with E-state index in [2.05, 4.69) is 6.92 Å². The van der Waals surface area contributed by atoms with Crippen molar-refractivity contribution in [1.29, 1.82) is 0 Å². The summed E-state index contributed by atoms with van der Waals surface area (Å²) in [4.78, 5) is 11.0. The van der Waals surface area contributed by atoms with Gasteiger partial charge in [0, 0.05) is 0 Å². The molecule has 0 aromatic heterocycles. The van der Waals surface area contributed by atoms with Gasteiger partial charge in [-0.3, -0.25) is 4.79 Å². The van der Waals surface area contributed by atoms with Crippen LogP contribution in [0, 0.1) is 17.3 Å². The van der Waals surface area contributed by atoms with Crippen LogP contribution in [0.4, 0.5) is 0 Å². The lowest BCUT2D eigenvalue weighted by Crippen LogP contribution is -2.24. The summed E-state index contributed by atoms with van der Waals surface area (Å²) < 4.78 is 0. The van der Waals surface area contributed by atoms with Gasteiger partial charge in [-0.25, -0.2) is 0 Å². The molecule has 0 heterocycles. The van der Waals surface area contributed by atoms with Gasteiger partial charge < -0.3 is 5.11 Å². The van der Waals surface area contributed by atoms with Crippen molar-refractivity contribution < 1.29 is 9.90 Å². The van der Waals surface area contributed by atoms with Crippen LogP contribution in [-0.2, 0) is 4.79 Å².